The summed E-state index contributed by atoms with van der Waals surface area (Å²) >= 11 is 0. The number of fused-ring (bicyclic) bond motifs is 3. The number of para-hydroxylation sites is 3. The minimum Gasteiger partial charge on any atom is -0.398 e. The molecule has 0 radical (unpaired) electrons. The molecule has 4 aromatic carbocycles. The first-order valence-electron chi connectivity index (χ1n) is 30.4. The average Bonchev–Trinajstić information content (AvgIpc) is 1.63. The number of imidazole rings is 3. The number of aromatic nitrogens is 10. The monoisotopic (exact) mass is 1440 g/mol. The Balaban J connectivity index is 0.000000155. The predicted molar refractivity (Wildman–Crippen MR) is 365 cm³/mol. The molecule has 9 heterocycles. The molecular weight excluding hydrogens is 1380 g/mol. The average molecular weight is 1440 g/mol. The summed E-state index contributed by atoms with van der Waals surface area (Å²) in [6, 6.07) is 30.7. The number of carbonyl (C=O) groups excluding carboxylic acids is 3. The van der Waals surface area contributed by atoms with Gasteiger partial charge in [0.15, 0.2) is 29.0 Å². The molecule has 0 spiro atoms. The van der Waals surface area contributed by atoms with Crippen LogP contribution in [0.5, 0.6) is 0 Å². The number of hydrogen-bond donors (Lipinski definition) is 15. The molecule has 6 aromatic heterocycles. The van der Waals surface area contributed by atoms with Gasteiger partial charge in [0.2, 0.25) is 5.82 Å². The van der Waals surface area contributed by atoms with Gasteiger partial charge in [-0.3, -0.25) is 28.1 Å². The summed E-state index contributed by atoms with van der Waals surface area (Å²) in [5.74, 6) is 3.30. The zero-order valence-electron chi connectivity index (χ0n) is 52.7. The highest BCUT2D eigenvalue weighted by Gasteiger charge is 2.45. The van der Waals surface area contributed by atoms with Crippen LogP contribution in [0.15, 0.2) is 147 Å². The Hall–Kier alpha value is -11.1. The predicted octanol–water partition coefficient (Wildman–Crippen LogP) is -0.680. The fourth-order valence-electron chi connectivity index (χ4n) is 10.7. The van der Waals surface area contributed by atoms with E-state index >= 15 is 0 Å². The van der Waals surface area contributed by atoms with E-state index in [4.69, 9.17) is 48.6 Å². The maximum absolute atomic E-state index is 12.5. The Kier molecular flexibility index (Phi) is 21.3. The number of amides is 3. The molecule has 3 aliphatic rings. The number of nitrogen functional groups attached to an aromatic ring is 6. The van der Waals surface area contributed by atoms with Crippen molar-refractivity contribution in [2.24, 2.45) is 0 Å². The number of hydrogen-bond acceptors (Lipinski definition) is 28. The SMILES string of the molecule is Nc1ccccc1C(=O)NS(=O)(=O)NC[C@@H]1CC[C@H](n2cnc3c(N)ccnc32)O1.Nc1ccccc1C(=O)NS(=O)(=O)NC[C@H]1O[C@@H](n2cnc3c(N)ccnc32)C[C@@H]1O.Nc1ccccc1C(=O)NS(=O)(=O)NC[C@H]1O[C@@H](n2cnc3c(N)nc(C#Cc4ccccc4)nc32)[C@H](O)[C@@H]1O. The number of nitrogens with zero attached hydrogens (tertiary/aromatic N) is 10. The molecule has 3 fully saturated rings. The maximum Gasteiger partial charge on any atom is 0.301 e. The van der Waals surface area contributed by atoms with Crippen molar-refractivity contribution < 1.29 is 69.2 Å². The second-order valence-electron chi connectivity index (χ2n) is 22.7. The molecule has 0 bridgehead atoms. The number of pyridine rings is 2. The van der Waals surface area contributed by atoms with Crippen LogP contribution >= 0.6 is 0 Å². The Morgan fingerprint density at radius 2 is 0.941 bits per heavy atom. The largest absolute Gasteiger partial charge is 0.398 e. The third-order valence-electron chi connectivity index (χ3n) is 15.8. The smallest absolute Gasteiger partial charge is 0.301 e. The molecule has 528 valence electrons. The zero-order chi connectivity index (χ0) is 71.9. The highest BCUT2D eigenvalue weighted by Crippen LogP contribution is 2.35. The summed E-state index contributed by atoms with van der Waals surface area (Å²) in [5.41, 5.74) is 39.8. The van der Waals surface area contributed by atoms with Crippen LogP contribution < -0.4 is 62.7 Å². The van der Waals surface area contributed by atoms with Gasteiger partial charge in [-0.25, -0.2) is 49.1 Å². The summed E-state index contributed by atoms with van der Waals surface area (Å²) in [6.07, 6.45) is 0.526. The first-order valence-corrected chi connectivity index (χ1v) is 34.9. The number of aliphatic hydroxyl groups excluding tert-OH is 3. The van der Waals surface area contributed by atoms with E-state index in [-0.39, 0.29) is 88.4 Å². The van der Waals surface area contributed by atoms with E-state index in [1.165, 1.54) is 65.9 Å². The van der Waals surface area contributed by atoms with E-state index in [2.05, 4.69) is 60.9 Å². The number of benzene rings is 4. The third kappa shape index (κ3) is 16.8. The van der Waals surface area contributed by atoms with Gasteiger partial charge in [-0.05, 0) is 79.4 Å². The lowest BCUT2D eigenvalue weighted by molar-refractivity contribution is -0.0330. The molecule has 10 aromatic rings. The molecule has 40 heteroatoms. The number of ether oxygens (including phenoxy) is 3. The standard InChI is InChI=1S/C25H24N8O6S.C18H21N7O5S.C18H21N7O4S/c26-16-9-5-4-8-15(16)24(36)32-40(37,38)29-12-17-20(34)21(35)25(39-17)33-13-28-19-22(27)30-18(31-23(19)33)11-10-14-6-2-1-3-7-14;19-11-4-2-1-3-10(11)18(27)24-31(28,29)23-8-14-13(26)7-15(30-14)25-9-22-16-12(20)5-6-21-17(16)25;19-13-4-2-1-3-12(13)18(26)24-30(27,28)23-9-11-5-6-15(29-11)25-10-22-16-14(20)7-8-21-17(16)25/h1-9,13,17,20-21,25,29,34-35H,12,26H2,(H,32,36)(H2,27,30,31);1-6,9,13-15,23,26H,7-8,19H2,(H2,20,21)(H,24,27);1-4,7-8,10-11,15,23H,5-6,9,19H2,(H2,20,21)(H,24,26)/t17-,20-,21-,25-;13-,14+,15+;11-,15+/m100/s1. The minimum atomic E-state index is -4.37. The van der Waals surface area contributed by atoms with Crippen LogP contribution in [-0.4, -0.2) is 163 Å². The topological polar surface area (TPSA) is 575 Å². The molecule has 0 aliphatic carbocycles. The second-order valence-corrected chi connectivity index (χ2v) is 27.2. The van der Waals surface area contributed by atoms with Crippen molar-refractivity contribution in [2.75, 3.05) is 54.0 Å². The van der Waals surface area contributed by atoms with Crippen LogP contribution in [0.4, 0.5) is 34.3 Å². The quantitative estimate of drug-likeness (QED) is 0.0374. The van der Waals surface area contributed by atoms with Crippen LogP contribution in [0.3, 0.4) is 0 Å². The van der Waals surface area contributed by atoms with Crippen molar-refractivity contribution in [1.29, 1.82) is 0 Å². The van der Waals surface area contributed by atoms with Gasteiger partial charge in [-0.2, -0.15) is 39.4 Å². The lowest BCUT2D eigenvalue weighted by Crippen LogP contribution is -2.45. The number of carbonyl (C=O) groups is 3. The van der Waals surface area contributed by atoms with Crippen LogP contribution in [0.1, 0.15) is 80.4 Å². The van der Waals surface area contributed by atoms with Crippen molar-refractivity contribution in [1.82, 2.24) is 76.9 Å². The van der Waals surface area contributed by atoms with Gasteiger partial charge in [-0.1, -0.05) is 60.5 Å². The summed E-state index contributed by atoms with van der Waals surface area (Å²) in [7, 11) is -12.7. The minimum absolute atomic E-state index is 0.00554. The number of aliphatic hydroxyl groups is 3. The molecule has 3 amide bonds. The summed E-state index contributed by atoms with van der Waals surface area (Å²) < 4.78 is 109. The van der Waals surface area contributed by atoms with Gasteiger partial charge in [-0.15, -0.1) is 0 Å². The van der Waals surface area contributed by atoms with Gasteiger partial charge in [0, 0.05) is 61.1 Å². The van der Waals surface area contributed by atoms with E-state index < -0.39 is 97.9 Å². The van der Waals surface area contributed by atoms with E-state index in [0.717, 1.165) is 5.56 Å². The molecule has 0 saturated carbocycles. The molecule has 37 nitrogen and oxygen atoms in total. The van der Waals surface area contributed by atoms with E-state index in [9.17, 15) is 55.0 Å². The highest BCUT2D eigenvalue weighted by atomic mass is 32.2. The Bertz CT molecular complexity index is 5160. The Morgan fingerprint density at radius 3 is 1.47 bits per heavy atom. The molecule has 0 unspecified atom stereocenters. The van der Waals surface area contributed by atoms with Gasteiger partial charge >= 0.3 is 30.6 Å². The van der Waals surface area contributed by atoms with E-state index in [1.807, 2.05) is 44.5 Å². The highest BCUT2D eigenvalue weighted by molar-refractivity contribution is 7.88. The van der Waals surface area contributed by atoms with Gasteiger partial charge in [0.05, 0.1) is 65.4 Å². The van der Waals surface area contributed by atoms with Crippen molar-refractivity contribution in [3.05, 3.63) is 175 Å². The van der Waals surface area contributed by atoms with Gasteiger partial charge < -0.3 is 63.9 Å². The lowest BCUT2D eigenvalue weighted by Gasteiger charge is -2.17. The number of anilines is 6. The first kappa shape index (κ1) is 71.2. The molecule has 13 rings (SSSR count). The van der Waals surface area contributed by atoms with Crippen molar-refractivity contribution in [2.45, 2.75) is 74.6 Å². The Morgan fingerprint density at radius 1 is 0.475 bits per heavy atom. The lowest BCUT2D eigenvalue weighted by atomic mass is 10.1. The number of nitrogens with two attached hydrogens (primary N) is 6. The summed E-state index contributed by atoms with van der Waals surface area (Å²) in [6.45, 7) is -0.725. The molecule has 101 heavy (non-hydrogen) atoms. The zero-order valence-corrected chi connectivity index (χ0v) is 55.1. The maximum atomic E-state index is 12.5. The normalized spacial score (nSPS) is 20.4. The molecule has 21 N–H and O–H groups in total. The van der Waals surface area contributed by atoms with Gasteiger partial charge in [0.1, 0.15) is 47.3 Å². The van der Waals surface area contributed by atoms with Crippen LogP contribution in [0.25, 0.3) is 33.5 Å². The van der Waals surface area contributed by atoms with E-state index in [0.29, 0.717) is 46.5 Å². The number of nitrogens with one attached hydrogen (secondary N) is 6. The molecule has 3 saturated heterocycles. The van der Waals surface area contributed by atoms with Crippen molar-refractivity contribution in [3.8, 4) is 11.8 Å². The van der Waals surface area contributed by atoms with Crippen LogP contribution in [-0.2, 0) is 44.8 Å². The van der Waals surface area contributed by atoms with Crippen LogP contribution in [0.2, 0.25) is 0 Å². The third-order valence-corrected chi connectivity index (χ3v) is 18.8. The summed E-state index contributed by atoms with van der Waals surface area (Å²) in [5, 5.41) is 31.6. The molecule has 9 atom stereocenters. The van der Waals surface area contributed by atoms with Gasteiger partial charge in [0.25, 0.3) is 17.7 Å². The van der Waals surface area contributed by atoms with Crippen molar-refractivity contribution in [3.63, 3.8) is 0 Å². The second kappa shape index (κ2) is 30.2. The summed E-state index contributed by atoms with van der Waals surface area (Å²) in [4.78, 5) is 66.4. The first-order chi connectivity index (χ1) is 48.2. The fourth-order valence-corrected chi connectivity index (χ4v) is 13.2. The van der Waals surface area contributed by atoms with Crippen molar-refractivity contribution >= 4 is 116 Å². The molecule has 3 aliphatic heterocycles. The van der Waals surface area contributed by atoms with E-state index in [1.54, 1.807) is 64.1 Å². The molecular formula is C61H66N22O15S3. The number of rotatable bonds is 18. The van der Waals surface area contributed by atoms with Crippen LogP contribution in [0, 0.1) is 11.8 Å². The fraction of sp³-hybridized carbons (Fsp3) is 0.246. The Labute approximate surface area is 574 Å².